The number of hydrogen-bond donors (Lipinski definition) is 1. The Bertz CT molecular complexity index is 531. The van der Waals surface area contributed by atoms with Gasteiger partial charge >= 0.3 is 57.4 Å². The van der Waals surface area contributed by atoms with Gasteiger partial charge in [0.1, 0.15) is 5.56 Å². The van der Waals surface area contributed by atoms with Crippen molar-refractivity contribution in [1.29, 1.82) is 0 Å². The van der Waals surface area contributed by atoms with Gasteiger partial charge < -0.3 is 29.4 Å². The van der Waals surface area contributed by atoms with E-state index in [-0.39, 0.29) is 51.4 Å². The molecule has 1 amide bonds. The summed E-state index contributed by atoms with van der Waals surface area (Å²) in [5.74, 6) is -0.0430. The zero-order chi connectivity index (χ0) is 15.8. The fraction of sp³-hybridized carbons (Fsp3) is 0.308. The number of esters is 1. The smallest absolute Gasteiger partial charge is 0.565 e. The Morgan fingerprint density at radius 3 is 2.64 bits per heavy atom. The molecule has 1 N–H and O–H groups in total. The Kier molecular flexibility index (Phi) is 10.0. The zero-order valence-electron chi connectivity index (χ0n) is 12.3. The Balaban J connectivity index is 0.000000791. The monoisotopic (exact) mass is 335 g/mol. The van der Waals surface area contributed by atoms with Crippen LogP contribution in [0.4, 0.5) is 10.5 Å². The van der Waals surface area contributed by atoms with Gasteiger partial charge in [0.05, 0.1) is 19.4 Å². The van der Waals surface area contributed by atoms with Gasteiger partial charge in [-0.05, 0) is 18.6 Å². The number of benzene rings is 1. The topological polar surface area (TPSA) is 116 Å². The van der Waals surface area contributed by atoms with E-state index in [2.05, 4.69) is 4.74 Å². The molecular weight excluding hydrogens is 321 g/mol. The second-order valence-electron chi connectivity index (χ2n) is 3.91. The molecule has 114 valence electrons. The van der Waals surface area contributed by atoms with Crippen molar-refractivity contribution < 1.29 is 85.5 Å². The number of nitrogens with zero attached hydrogens (tertiary/aromatic N) is 1. The molecule has 9 heteroatoms. The van der Waals surface area contributed by atoms with Crippen LogP contribution in [0.1, 0.15) is 16.8 Å². The van der Waals surface area contributed by atoms with E-state index >= 15 is 0 Å². The SMILES string of the molecule is COC(=O)c1cccc2c1OCCCN2C=O.O=C([O-])O.[K+]. The first-order chi connectivity index (χ1) is 10.0. The van der Waals surface area contributed by atoms with Crippen LogP contribution in [0.25, 0.3) is 0 Å². The number of amides is 1. The van der Waals surface area contributed by atoms with Gasteiger partial charge in [0, 0.05) is 6.54 Å². The van der Waals surface area contributed by atoms with Crippen LogP contribution in [0.2, 0.25) is 0 Å². The maximum absolute atomic E-state index is 11.6. The van der Waals surface area contributed by atoms with E-state index in [4.69, 9.17) is 19.7 Å². The quantitative estimate of drug-likeness (QED) is 0.350. The molecule has 0 bridgehead atoms. The summed E-state index contributed by atoms with van der Waals surface area (Å²) in [6.07, 6.45) is -0.609. The van der Waals surface area contributed by atoms with E-state index in [0.717, 1.165) is 12.8 Å². The first-order valence-electron chi connectivity index (χ1n) is 5.97. The average molecular weight is 335 g/mol. The predicted molar refractivity (Wildman–Crippen MR) is 69.3 cm³/mol. The van der Waals surface area contributed by atoms with Crippen LogP contribution in [0.5, 0.6) is 5.75 Å². The third kappa shape index (κ3) is 5.93. The number of methoxy groups -OCH3 is 1. The van der Waals surface area contributed by atoms with Crippen LogP contribution in [-0.4, -0.2) is 43.9 Å². The van der Waals surface area contributed by atoms with E-state index in [1.54, 1.807) is 18.2 Å². The van der Waals surface area contributed by atoms with Crippen LogP contribution in [-0.2, 0) is 9.53 Å². The molecule has 0 radical (unpaired) electrons. The van der Waals surface area contributed by atoms with Crippen molar-refractivity contribution >= 4 is 24.2 Å². The van der Waals surface area contributed by atoms with Gasteiger partial charge in [-0.3, -0.25) is 4.79 Å². The van der Waals surface area contributed by atoms with Gasteiger partial charge in [0.15, 0.2) is 5.75 Å². The van der Waals surface area contributed by atoms with Crippen molar-refractivity contribution in [3.63, 3.8) is 0 Å². The van der Waals surface area contributed by atoms with Gasteiger partial charge in [-0.25, -0.2) is 4.79 Å². The molecule has 0 spiro atoms. The summed E-state index contributed by atoms with van der Waals surface area (Å²) in [5.41, 5.74) is 0.958. The first-order valence-corrected chi connectivity index (χ1v) is 5.97. The standard InChI is InChI=1S/C12H13NO4.CH2O3.K/c1-16-12(15)9-4-2-5-10-11(9)17-7-3-6-13(10)8-14;2-1(3)4;/h2,4-5,8H,3,6-7H2,1H3;(H2,2,3,4);/q;;+1/p-1. The molecule has 1 heterocycles. The number of ether oxygens (including phenoxy) is 2. The first kappa shape index (κ1) is 20.9. The number of carbonyl (C=O) groups is 3. The summed E-state index contributed by atoms with van der Waals surface area (Å²) < 4.78 is 10.2. The maximum Gasteiger partial charge on any atom is 1.00 e. The van der Waals surface area contributed by atoms with Crippen LogP contribution < -0.4 is 66.1 Å². The molecule has 1 aromatic carbocycles. The number of carboxylic acid groups (broad SMARTS) is 2. The minimum atomic E-state index is -2.08. The molecule has 0 fully saturated rings. The summed E-state index contributed by atoms with van der Waals surface area (Å²) >= 11 is 0. The van der Waals surface area contributed by atoms with Crippen LogP contribution in [0.15, 0.2) is 18.2 Å². The van der Waals surface area contributed by atoms with Crippen LogP contribution >= 0.6 is 0 Å². The molecule has 0 aliphatic carbocycles. The molecule has 22 heavy (non-hydrogen) atoms. The average Bonchev–Trinajstić information content (AvgIpc) is 2.67. The fourth-order valence-electron chi connectivity index (χ4n) is 1.81. The van der Waals surface area contributed by atoms with Crippen molar-refractivity contribution in [2.24, 2.45) is 0 Å². The molecule has 0 saturated carbocycles. The Labute approximate surface area is 169 Å². The van der Waals surface area contributed by atoms with Gasteiger partial charge in [0.25, 0.3) is 0 Å². The van der Waals surface area contributed by atoms with Crippen LogP contribution in [0, 0.1) is 0 Å². The van der Waals surface area contributed by atoms with E-state index in [0.29, 0.717) is 30.2 Å². The molecule has 1 aliphatic rings. The summed E-state index contributed by atoms with van der Waals surface area (Å²) in [7, 11) is 1.32. The Hall–Kier alpha value is -1.13. The Morgan fingerprint density at radius 1 is 1.45 bits per heavy atom. The number of rotatable bonds is 2. The second-order valence-corrected chi connectivity index (χ2v) is 3.91. The van der Waals surface area contributed by atoms with Crippen molar-refractivity contribution in [3.05, 3.63) is 23.8 Å². The van der Waals surface area contributed by atoms with Crippen LogP contribution in [0.3, 0.4) is 0 Å². The van der Waals surface area contributed by atoms with Gasteiger partial charge in [-0.2, -0.15) is 0 Å². The number of fused-ring (bicyclic) bond motifs is 1. The molecule has 0 unspecified atom stereocenters. The van der Waals surface area contributed by atoms with Crippen molar-refractivity contribution in [3.8, 4) is 5.75 Å². The third-order valence-electron chi connectivity index (χ3n) is 2.63. The minimum absolute atomic E-state index is 0. The summed E-state index contributed by atoms with van der Waals surface area (Å²) in [6.45, 7) is 1.06. The number of hydrogen-bond acceptors (Lipinski definition) is 6. The molecular formula is C13H14KNO7. The van der Waals surface area contributed by atoms with E-state index in [1.165, 1.54) is 12.0 Å². The molecule has 1 aromatic rings. The van der Waals surface area contributed by atoms with Crippen molar-refractivity contribution in [2.75, 3.05) is 25.2 Å². The number of carbonyl (C=O) groups excluding carboxylic acids is 2. The number of para-hydroxylation sites is 1. The normalized spacial score (nSPS) is 12.1. The summed E-state index contributed by atoms with van der Waals surface area (Å²) in [5, 5.41) is 15.3. The van der Waals surface area contributed by atoms with Gasteiger partial charge in [0.2, 0.25) is 12.6 Å². The molecule has 2 rings (SSSR count). The molecule has 0 saturated heterocycles. The van der Waals surface area contributed by atoms with Crippen molar-refractivity contribution in [1.82, 2.24) is 0 Å². The van der Waals surface area contributed by atoms with Crippen molar-refractivity contribution in [2.45, 2.75) is 6.42 Å². The molecule has 8 nitrogen and oxygen atoms in total. The summed E-state index contributed by atoms with van der Waals surface area (Å²) in [6, 6.07) is 5.08. The largest absolute Gasteiger partial charge is 1.00 e. The van der Waals surface area contributed by atoms with E-state index < -0.39 is 12.1 Å². The fourth-order valence-corrected chi connectivity index (χ4v) is 1.81. The second kappa shape index (κ2) is 10.6. The Morgan fingerprint density at radius 2 is 2.09 bits per heavy atom. The molecule has 1 aliphatic heterocycles. The van der Waals surface area contributed by atoms with Gasteiger partial charge in [-0.1, -0.05) is 6.07 Å². The third-order valence-corrected chi connectivity index (χ3v) is 2.63. The molecule has 0 atom stereocenters. The van der Waals surface area contributed by atoms with E-state index in [1.807, 2.05) is 0 Å². The van der Waals surface area contributed by atoms with E-state index in [9.17, 15) is 9.59 Å². The molecule has 0 aromatic heterocycles. The predicted octanol–water partition coefficient (Wildman–Crippen LogP) is -2.89. The number of anilines is 1. The van der Waals surface area contributed by atoms with Gasteiger partial charge in [-0.15, -0.1) is 0 Å². The minimum Gasteiger partial charge on any atom is -0.565 e. The maximum atomic E-state index is 11.6. The zero-order valence-corrected chi connectivity index (χ0v) is 15.4. The summed E-state index contributed by atoms with van der Waals surface area (Å²) in [4.78, 5) is 32.5.